The molecule has 328 valence electrons. The van der Waals surface area contributed by atoms with Gasteiger partial charge >= 0.3 is 11.9 Å². The summed E-state index contributed by atoms with van der Waals surface area (Å²) in [5.74, 6) is -2.02. The highest BCUT2D eigenvalue weighted by atomic mass is 32.2. The lowest BCUT2D eigenvalue weighted by Crippen LogP contribution is -2.60. The summed E-state index contributed by atoms with van der Waals surface area (Å²) in [4.78, 5) is 25.3. The lowest BCUT2D eigenvalue weighted by molar-refractivity contribution is -0.297. The molecule has 1 fully saturated rings. The van der Waals surface area contributed by atoms with Gasteiger partial charge in [-0.05, 0) is 70.6 Å². The number of carbonyl (C=O) groups is 2. The summed E-state index contributed by atoms with van der Waals surface area (Å²) < 4.78 is 53.9. The first-order chi connectivity index (χ1) is 27.5. The number of hydrogen-bond donors (Lipinski definition) is 4. The maximum absolute atomic E-state index is 12.8. The molecule has 1 aliphatic rings. The smallest absolute Gasteiger partial charge is 0.306 e. The number of carbonyl (C=O) groups excluding carboxylic acids is 2. The number of aliphatic hydroxyl groups excluding tert-OH is 3. The minimum absolute atomic E-state index is 0.144. The van der Waals surface area contributed by atoms with Crippen molar-refractivity contribution >= 4 is 22.1 Å². The SMILES string of the molecule is CC/C=C\C/C=C\C/C=C\C/C=C\CCCCCCCCC(=O)OC(COC(=O)CCCCCCC/C=C\CCC)COC1OC(CS(=O)(=O)O)C(O)C(O)C1O. The third-order valence-electron chi connectivity index (χ3n) is 9.31. The van der Waals surface area contributed by atoms with Crippen LogP contribution in [0.15, 0.2) is 60.8 Å². The fraction of sp³-hybridized carbons (Fsp3) is 0.727. The molecule has 1 aliphatic heterocycles. The quantitative estimate of drug-likeness (QED) is 0.0211. The van der Waals surface area contributed by atoms with Gasteiger partial charge in [0.25, 0.3) is 10.1 Å². The van der Waals surface area contributed by atoms with Crippen molar-refractivity contribution in [3.05, 3.63) is 60.8 Å². The average molecular weight is 827 g/mol. The van der Waals surface area contributed by atoms with Crippen LogP contribution in [0.25, 0.3) is 0 Å². The van der Waals surface area contributed by atoms with Crippen LogP contribution in [0, 0.1) is 0 Å². The third-order valence-corrected chi connectivity index (χ3v) is 10.1. The number of unbranched alkanes of at least 4 members (excludes halogenated alkanes) is 12. The highest BCUT2D eigenvalue weighted by Crippen LogP contribution is 2.24. The zero-order valence-electron chi connectivity index (χ0n) is 34.7. The molecule has 0 bridgehead atoms. The van der Waals surface area contributed by atoms with Crippen LogP contribution in [0.5, 0.6) is 0 Å². The fourth-order valence-corrected chi connectivity index (χ4v) is 6.71. The predicted octanol–water partition coefficient (Wildman–Crippen LogP) is 8.17. The summed E-state index contributed by atoms with van der Waals surface area (Å²) in [6.07, 6.45) is 31.3. The summed E-state index contributed by atoms with van der Waals surface area (Å²) in [7, 11) is -4.60. The number of rotatable bonds is 34. The van der Waals surface area contributed by atoms with E-state index in [1.807, 2.05) is 0 Å². The Morgan fingerprint density at radius 1 is 0.614 bits per heavy atom. The first-order valence-corrected chi connectivity index (χ1v) is 23.0. The van der Waals surface area contributed by atoms with Crippen molar-refractivity contribution in [1.29, 1.82) is 0 Å². The molecule has 0 aliphatic carbocycles. The highest BCUT2D eigenvalue weighted by molar-refractivity contribution is 7.85. The Labute approximate surface area is 343 Å². The number of hydrogen-bond acceptors (Lipinski definition) is 11. The Bertz CT molecular complexity index is 1290. The molecule has 4 N–H and O–H groups in total. The van der Waals surface area contributed by atoms with Gasteiger partial charge < -0.3 is 34.3 Å². The van der Waals surface area contributed by atoms with Crippen molar-refractivity contribution in [2.24, 2.45) is 0 Å². The molecular formula is C44H74O12S. The molecule has 13 heteroatoms. The van der Waals surface area contributed by atoms with Gasteiger partial charge in [-0.25, -0.2) is 0 Å². The molecule has 0 aromatic heterocycles. The molecule has 1 rings (SSSR count). The van der Waals surface area contributed by atoms with E-state index in [-0.39, 0.29) is 19.4 Å². The van der Waals surface area contributed by atoms with E-state index in [1.165, 1.54) is 0 Å². The summed E-state index contributed by atoms with van der Waals surface area (Å²) in [6.45, 7) is 3.54. The summed E-state index contributed by atoms with van der Waals surface area (Å²) in [5.41, 5.74) is 0. The summed E-state index contributed by atoms with van der Waals surface area (Å²) in [6, 6.07) is 0. The highest BCUT2D eigenvalue weighted by Gasteiger charge is 2.46. The van der Waals surface area contributed by atoms with Crippen LogP contribution in [0.3, 0.4) is 0 Å². The maximum atomic E-state index is 12.8. The van der Waals surface area contributed by atoms with Gasteiger partial charge in [0.1, 0.15) is 36.8 Å². The van der Waals surface area contributed by atoms with Gasteiger partial charge in [-0.3, -0.25) is 14.1 Å². The largest absolute Gasteiger partial charge is 0.462 e. The van der Waals surface area contributed by atoms with E-state index in [9.17, 15) is 37.9 Å². The fourth-order valence-electron chi connectivity index (χ4n) is 6.02. The third kappa shape index (κ3) is 29.2. The number of allylic oxidation sites excluding steroid dienone is 10. The second kappa shape index (κ2) is 34.2. The second-order valence-corrected chi connectivity index (χ2v) is 16.1. The molecule has 0 amide bonds. The van der Waals surface area contributed by atoms with Gasteiger partial charge in [0.15, 0.2) is 12.4 Å². The molecule has 1 saturated heterocycles. The van der Waals surface area contributed by atoms with E-state index in [0.717, 1.165) is 109 Å². The lowest BCUT2D eigenvalue weighted by atomic mass is 10.00. The van der Waals surface area contributed by atoms with Gasteiger partial charge in [-0.15, -0.1) is 0 Å². The molecule has 0 aromatic rings. The lowest BCUT2D eigenvalue weighted by Gasteiger charge is -2.40. The normalized spacial score (nSPS) is 21.1. The molecule has 0 saturated carbocycles. The number of ether oxygens (including phenoxy) is 4. The number of aliphatic hydroxyl groups is 3. The van der Waals surface area contributed by atoms with Crippen LogP contribution in [-0.4, -0.2) is 96.0 Å². The minimum atomic E-state index is -4.60. The minimum Gasteiger partial charge on any atom is -0.462 e. The first kappa shape index (κ1) is 52.4. The Balaban J connectivity index is 2.47. The second-order valence-electron chi connectivity index (χ2n) is 14.6. The van der Waals surface area contributed by atoms with Gasteiger partial charge in [0.05, 0.1) is 6.61 Å². The summed E-state index contributed by atoms with van der Waals surface area (Å²) >= 11 is 0. The molecule has 57 heavy (non-hydrogen) atoms. The van der Waals surface area contributed by atoms with Crippen LogP contribution >= 0.6 is 0 Å². The van der Waals surface area contributed by atoms with Crippen molar-refractivity contribution in [2.75, 3.05) is 19.0 Å². The zero-order chi connectivity index (χ0) is 42.0. The van der Waals surface area contributed by atoms with Gasteiger partial charge in [-0.1, -0.05) is 126 Å². The van der Waals surface area contributed by atoms with E-state index in [2.05, 4.69) is 74.6 Å². The molecule has 12 nitrogen and oxygen atoms in total. The van der Waals surface area contributed by atoms with Gasteiger partial charge in [-0.2, -0.15) is 8.42 Å². The summed E-state index contributed by atoms with van der Waals surface area (Å²) in [5, 5.41) is 30.8. The Morgan fingerprint density at radius 2 is 1.11 bits per heavy atom. The molecule has 1 heterocycles. The standard InChI is InChI=1S/C44H74O12S/c1-3-5-7-9-11-13-15-16-17-18-19-20-21-22-23-25-27-29-31-33-40(46)55-37(34-53-39(45)32-30-28-26-24-14-12-10-8-6-4-2)35-54-44-43(49)42(48)41(47)38(56-44)36-57(50,51)52/h5,7-8,10-11,13,16-17,19-20,37-38,41-44,47-49H,3-4,6,9,12,14-15,18,21-36H2,1-2H3,(H,50,51,52)/b7-5-,10-8-,13-11-,17-16-,20-19-. The van der Waals surface area contributed by atoms with Crippen LogP contribution in [0.2, 0.25) is 0 Å². The Hall–Kier alpha value is -2.65. The predicted molar refractivity (Wildman–Crippen MR) is 224 cm³/mol. The monoisotopic (exact) mass is 826 g/mol. The van der Waals surface area contributed by atoms with Crippen LogP contribution < -0.4 is 0 Å². The maximum Gasteiger partial charge on any atom is 0.306 e. The molecule has 0 aromatic carbocycles. The number of esters is 2. The topological polar surface area (TPSA) is 186 Å². The average Bonchev–Trinajstić information content (AvgIpc) is 3.17. The molecular weight excluding hydrogens is 753 g/mol. The Morgan fingerprint density at radius 3 is 1.67 bits per heavy atom. The van der Waals surface area contributed by atoms with Crippen LogP contribution in [0.1, 0.15) is 149 Å². The van der Waals surface area contributed by atoms with Crippen LogP contribution in [-0.2, 0) is 38.7 Å². The van der Waals surface area contributed by atoms with Crippen molar-refractivity contribution in [3.63, 3.8) is 0 Å². The van der Waals surface area contributed by atoms with E-state index < -0.39 is 71.2 Å². The van der Waals surface area contributed by atoms with Crippen molar-refractivity contribution in [3.8, 4) is 0 Å². The zero-order valence-corrected chi connectivity index (χ0v) is 35.5. The van der Waals surface area contributed by atoms with Crippen molar-refractivity contribution in [1.82, 2.24) is 0 Å². The van der Waals surface area contributed by atoms with Crippen LogP contribution in [0.4, 0.5) is 0 Å². The molecule has 6 atom stereocenters. The molecule has 6 unspecified atom stereocenters. The first-order valence-electron chi connectivity index (χ1n) is 21.3. The molecule has 0 spiro atoms. The van der Waals surface area contributed by atoms with Crippen molar-refractivity contribution < 1.29 is 56.8 Å². The van der Waals surface area contributed by atoms with E-state index >= 15 is 0 Å². The van der Waals surface area contributed by atoms with Gasteiger partial charge in [0, 0.05) is 12.8 Å². The van der Waals surface area contributed by atoms with Crippen molar-refractivity contribution in [2.45, 2.75) is 185 Å². The van der Waals surface area contributed by atoms with E-state index in [1.54, 1.807) is 0 Å². The molecule has 0 radical (unpaired) electrons. The van der Waals surface area contributed by atoms with E-state index in [0.29, 0.717) is 12.8 Å². The van der Waals surface area contributed by atoms with E-state index in [4.69, 9.17) is 18.9 Å². The Kier molecular flexibility index (Phi) is 31.5. The van der Waals surface area contributed by atoms with Gasteiger partial charge in [0.2, 0.25) is 0 Å².